The second-order valence-corrected chi connectivity index (χ2v) is 5.71. The predicted octanol–water partition coefficient (Wildman–Crippen LogP) is 6.02. The van der Waals surface area contributed by atoms with Crippen LogP contribution in [-0.2, 0) is 6.54 Å². The van der Waals surface area contributed by atoms with E-state index in [9.17, 15) is 0 Å². The summed E-state index contributed by atoms with van der Waals surface area (Å²) in [4.78, 5) is 0. The predicted molar refractivity (Wildman–Crippen MR) is 93.7 cm³/mol. The summed E-state index contributed by atoms with van der Waals surface area (Å²) in [6.45, 7) is 7.26. The van der Waals surface area contributed by atoms with E-state index in [-0.39, 0.29) is 0 Å². The van der Waals surface area contributed by atoms with Crippen LogP contribution in [0.25, 0.3) is 27.9 Å². The number of rotatable bonds is 6. The summed E-state index contributed by atoms with van der Waals surface area (Å²) >= 11 is 0. The molecule has 0 unspecified atom stereocenters. The minimum absolute atomic E-state index is 1.10. The van der Waals surface area contributed by atoms with Crippen LogP contribution >= 0.6 is 0 Å². The van der Waals surface area contributed by atoms with E-state index in [1.54, 1.807) is 0 Å². The molecule has 0 bridgehead atoms. The fraction of sp³-hybridized carbons (Fsp3) is 0.300. The molecule has 0 atom stereocenters. The van der Waals surface area contributed by atoms with E-state index >= 15 is 0 Å². The van der Waals surface area contributed by atoms with Gasteiger partial charge in [0.1, 0.15) is 0 Å². The monoisotopic (exact) mass is 277 g/mol. The van der Waals surface area contributed by atoms with E-state index in [1.165, 1.54) is 53.1 Å². The highest BCUT2D eigenvalue weighted by Gasteiger charge is 2.09. The highest BCUT2D eigenvalue weighted by Crippen LogP contribution is 2.30. The molecule has 0 fully saturated rings. The smallest absolute Gasteiger partial charge is 0.0497 e. The van der Waals surface area contributed by atoms with E-state index in [1.807, 2.05) is 6.08 Å². The summed E-state index contributed by atoms with van der Waals surface area (Å²) in [5.74, 6) is 0. The molecule has 1 aromatic heterocycles. The first kappa shape index (κ1) is 13.9. The summed E-state index contributed by atoms with van der Waals surface area (Å²) in [7, 11) is 0. The molecule has 0 spiro atoms. The number of para-hydroxylation sites is 1. The average molecular weight is 277 g/mol. The maximum Gasteiger partial charge on any atom is 0.0497 e. The van der Waals surface area contributed by atoms with Gasteiger partial charge in [-0.1, -0.05) is 69.2 Å². The molecular formula is C20H23N. The van der Waals surface area contributed by atoms with Crippen LogP contribution in [0.1, 0.15) is 38.2 Å². The van der Waals surface area contributed by atoms with E-state index in [2.05, 4.69) is 60.5 Å². The molecule has 21 heavy (non-hydrogen) atoms. The van der Waals surface area contributed by atoms with Gasteiger partial charge in [-0.25, -0.2) is 0 Å². The van der Waals surface area contributed by atoms with E-state index in [0.29, 0.717) is 0 Å². The zero-order chi connectivity index (χ0) is 14.7. The van der Waals surface area contributed by atoms with Gasteiger partial charge in [-0.2, -0.15) is 0 Å². The third-order valence-electron chi connectivity index (χ3n) is 4.27. The summed E-state index contributed by atoms with van der Waals surface area (Å²) < 4.78 is 2.48. The molecule has 3 rings (SSSR count). The zero-order valence-corrected chi connectivity index (χ0v) is 12.8. The zero-order valence-electron chi connectivity index (χ0n) is 12.8. The van der Waals surface area contributed by atoms with E-state index < -0.39 is 0 Å². The van der Waals surface area contributed by atoms with Crippen molar-refractivity contribution in [1.29, 1.82) is 0 Å². The lowest BCUT2D eigenvalue weighted by Crippen LogP contribution is -1.97. The van der Waals surface area contributed by atoms with Crippen molar-refractivity contribution >= 4 is 27.9 Å². The van der Waals surface area contributed by atoms with Gasteiger partial charge in [0.2, 0.25) is 0 Å². The lowest BCUT2D eigenvalue weighted by molar-refractivity contribution is 0.602. The van der Waals surface area contributed by atoms with Crippen molar-refractivity contribution in [3.63, 3.8) is 0 Å². The van der Waals surface area contributed by atoms with Gasteiger partial charge in [-0.15, -0.1) is 0 Å². The molecule has 0 aliphatic carbocycles. The molecule has 3 aromatic rings. The molecule has 108 valence electrons. The molecule has 1 heterocycles. The van der Waals surface area contributed by atoms with Gasteiger partial charge in [0, 0.05) is 28.4 Å². The molecule has 1 nitrogen and oxygen atoms in total. The van der Waals surface area contributed by atoms with Crippen molar-refractivity contribution in [3.05, 3.63) is 54.6 Å². The number of hydrogen-bond donors (Lipinski definition) is 0. The van der Waals surface area contributed by atoms with Crippen LogP contribution < -0.4 is 0 Å². The van der Waals surface area contributed by atoms with Crippen LogP contribution in [0.2, 0.25) is 0 Å². The minimum atomic E-state index is 1.10. The Bertz CT molecular complexity index is 764. The Morgan fingerprint density at radius 1 is 0.952 bits per heavy atom. The Kier molecular flexibility index (Phi) is 4.10. The van der Waals surface area contributed by atoms with Crippen LogP contribution in [-0.4, -0.2) is 4.57 Å². The average Bonchev–Trinajstić information content (AvgIpc) is 2.85. The number of aryl methyl sites for hydroxylation is 1. The SMILES string of the molecule is C=Cc1ccc2c3ccccc3n(CCCCCC)c2c1. The second-order valence-electron chi connectivity index (χ2n) is 5.71. The van der Waals surface area contributed by atoms with E-state index in [0.717, 1.165) is 6.54 Å². The van der Waals surface area contributed by atoms with Crippen molar-refractivity contribution in [2.45, 2.75) is 39.2 Å². The number of nitrogens with zero attached hydrogens (tertiary/aromatic N) is 1. The van der Waals surface area contributed by atoms with E-state index in [4.69, 9.17) is 0 Å². The van der Waals surface area contributed by atoms with Gasteiger partial charge < -0.3 is 4.57 Å². The summed E-state index contributed by atoms with van der Waals surface area (Å²) in [5.41, 5.74) is 3.88. The summed E-state index contributed by atoms with van der Waals surface area (Å²) in [5, 5.41) is 2.71. The number of benzene rings is 2. The third-order valence-corrected chi connectivity index (χ3v) is 4.27. The molecule has 0 amide bonds. The third kappa shape index (κ3) is 2.61. The van der Waals surface area contributed by atoms with Crippen molar-refractivity contribution in [2.24, 2.45) is 0 Å². The molecule has 0 aliphatic heterocycles. The van der Waals surface area contributed by atoms with Gasteiger partial charge in [0.25, 0.3) is 0 Å². The molecule has 0 saturated heterocycles. The number of unbranched alkanes of at least 4 members (excludes halogenated alkanes) is 3. The Hall–Kier alpha value is -2.02. The van der Waals surface area contributed by atoms with Crippen LogP contribution in [0, 0.1) is 0 Å². The lowest BCUT2D eigenvalue weighted by Gasteiger charge is -2.07. The molecule has 1 heteroatoms. The molecular weight excluding hydrogens is 254 g/mol. The fourth-order valence-electron chi connectivity index (χ4n) is 3.13. The fourth-order valence-corrected chi connectivity index (χ4v) is 3.13. The Labute approximate surface area is 126 Å². The number of fused-ring (bicyclic) bond motifs is 3. The van der Waals surface area contributed by atoms with Gasteiger partial charge in [-0.3, -0.25) is 0 Å². The maximum atomic E-state index is 3.90. The quantitative estimate of drug-likeness (QED) is 0.486. The Balaban J connectivity index is 2.10. The maximum absolute atomic E-state index is 3.90. The summed E-state index contributed by atoms with van der Waals surface area (Å²) in [6.07, 6.45) is 7.10. The van der Waals surface area contributed by atoms with Crippen LogP contribution in [0.4, 0.5) is 0 Å². The van der Waals surface area contributed by atoms with Crippen LogP contribution in [0.5, 0.6) is 0 Å². The Morgan fingerprint density at radius 2 is 1.76 bits per heavy atom. The van der Waals surface area contributed by atoms with Gasteiger partial charge in [0.15, 0.2) is 0 Å². The van der Waals surface area contributed by atoms with Crippen molar-refractivity contribution < 1.29 is 0 Å². The molecule has 0 saturated carbocycles. The largest absolute Gasteiger partial charge is 0.340 e. The molecule has 0 N–H and O–H groups in total. The number of aromatic nitrogens is 1. The highest BCUT2D eigenvalue weighted by atomic mass is 15.0. The first-order valence-electron chi connectivity index (χ1n) is 7.98. The normalized spacial score (nSPS) is 11.3. The first-order valence-corrected chi connectivity index (χ1v) is 7.98. The lowest BCUT2D eigenvalue weighted by atomic mass is 10.1. The summed E-state index contributed by atoms with van der Waals surface area (Å²) in [6, 6.07) is 15.4. The minimum Gasteiger partial charge on any atom is -0.340 e. The molecule has 0 aliphatic rings. The van der Waals surface area contributed by atoms with Crippen LogP contribution in [0.15, 0.2) is 49.0 Å². The highest BCUT2D eigenvalue weighted by molar-refractivity contribution is 6.08. The first-order chi connectivity index (χ1) is 10.3. The van der Waals surface area contributed by atoms with Crippen molar-refractivity contribution in [1.82, 2.24) is 4.57 Å². The second kappa shape index (κ2) is 6.17. The van der Waals surface area contributed by atoms with Gasteiger partial charge in [0.05, 0.1) is 0 Å². The number of hydrogen-bond acceptors (Lipinski definition) is 0. The topological polar surface area (TPSA) is 4.93 Å². The molecule has 0 radical (unpaired) electrons. The van der Waals surface area contributed by atoms with Gasteiger partial charge >= 0.3 is 0 Å². The molecule has 2 aromatic carbocycles. The standard InChI is InChI=1S/C20H23N/c1-3-5-6-9-14-21-19-11-8-7-10-17(19)18-13-12-16(4-2)15-20(18)21/h4,7-8,10-13,15H,2-3,5-6,9,14H2,1H3. The van der Waals surface area contributed by atoms with Crippen LogP contribution in [0.3, 0.4) is 0 Å². The van der Waals surface area contributed by atoms with Crippen molar-refractivity contribution in [3.8, 4) is 0 Å². The Morgan fingerprint density at radius 3 is 2.57 bits per heavy atom. The van der Waals surface area contributed by atoms with Gasteiger partial charge in [-0.05, 0) is 24.1 Å². The van der Waals surface area contributed by atoms with Crippen molar-refractivity contribution in [2.75, 3.05) is 0 Å².